The first-order valence-corrected chi connectivity index (χ1v) is 8.04. The summed E-state index contributed by atoms with van der Waals surface area (Å²) in [7, 11) is 0. The van der Waals surface area contributed by atoms with E-state index in [1.165, 1.54) is 20.8 Å². The average molecular weight is 360 g/mol. The second-order valence-corrected chi connectivity index (χ2v) is 8.10. The number of alkyl halides is 6. The molecular weight excluding hydrogens is 338 g/mol. The SMILES string of the molecule is CC(C)(C)C(=O)OC(CC1CC2CCC1C2)(C(F)(F)F)C(F)(F)F. The fourth-order valence-corrected chi connectivity index (χ4v) is 3.86. The van der Waals surface area contributed by atoms with Crippen LogP contribution in [-0.4, -0.2) is 23.9 Å². The Kier molecular flexibility index (Phi) is 4.68. The lowest BCUT2D eigenvalue weighted by Crippen LogP contribution is -2.61. The Hall–Kier alpha value is -0.950. The molecule has 0 N–H and O–H groups in total. The van der Waals surface area contributed by atoms with Crippen LogP contribution in [0.3, 0.4) is 0 Å². The van der Waals surface area contributed by atoms with Gasteiger partial charge in [0.05, 0.1) is 5.41 Å². The molecule has 0 aromatic rings. The van der Waals surface area contributed by atoms with Gasteiger partial charge in [0.25, 0.3) is 0 Å². The Balaban J connectivity index is 2.37. The maximum Gasteiger partial charge on any atom is 0.437 e. The summed E-state index contributed by atoms with van der Waals surface area (Å²) in [6.45, 7) is 3.68. The third kappa shape index (κ3) is 3.38. The Morgan fingerprint density at radius 2 is 1.50 bits per heavy atom. The number of hydrogen-bond donors (Lipinski definition) is 0. The van der Waals surface area contributed by atoms with Gasteiger partial charge in [0.1, 0.15) is 0 Å². The van der Waals surface area contributed by atoms with E-state index in [-0.39, 0.29) is 11.8 Å². The van der Waals surface area contributed by atoms with Crippen LogP contribution in [0.2, 0.25) is 0 Å². The van der Waals surface area contributed by atoms with Gasteiger partial charge in [-0.25, -0.2) is 0 Å². The van der Waals surface area contributed by atoms with Crippen molar-refractivity contribution in [3.63, 3.8) is 0 Å². The van der Waals surface area contributed by atoms with Gasteiger partial charge in [-0.05, 0) is 57.8 Å². The van der Waals surface area contributed by atoms with E-state index in [0.29, 0.717) is 19.3 Å². The minimum absolute atomic E-state index is 0.146. The zero-order valence-electron chi connectivity index (χ0n) is 13.9. The van der Waals surface area contributed by atoms with Crippen molar-refractivity contribution in [2.75, 3.05) is 0 Å². The second kappa shape index (κ2) is 5.80. The van der Waals surface area contributed by atoms with Crippen molar-refractivity contribution in [3.8, 4) is 0 Å². The molecular formula is C16H22F6O2. The predicted molar refractivity (Wildman–Crippen MR) is 73.9 cm³/mol. The molecule has 0 aromatic carbocycles. The smallest absolute Gasteiger partial charge is 0.437 e. The van der Waals surface area contributed by atoms with Gasteiger partial charge in [0.2, 0.25) is 0 Å². The molecule has 3 unspecified atom stereocenters. The minimum atomic E-state index is -5.71. The minimum Gasteiger partial charge on any atom is -0.439 e. The van der Waals surface area contributed by atoms with Crippen LogP contribution in [0.5, 0.6) is 0 Å². The number of carbonyl (C=O) groups is 1. The van der Waals surface area contributed by atoms with Crippen molar-refractivity contribution in [1.82, 2.24) is 0 Å². The van der Waals surface area contributed by atoms with E-state index >= 15 is 0 Å². The van der Waals surface area contributed by atoms with Gasteiger partial charge in [-0.2, -0.15) is 26.3 Å². The summed E-state index contributed by atoms with van der Waals surface area (Å²) in [6, 6.07) is 0. The summed E-state index contributed by atoms with van der Waals surface area (Å²) in [5.74, 6) is -2.18. The normalized spacial score (nSPS) is 28.3. The molecule has 0 aromatic heterocycles. The number of carbonyl (C=O) groups excluding carboxylic acids is 1. The van der Waals surface area contributed by atoms with Crippen LogP contribution in [0.25, 0.3) is 0 Å². The van der Waals surface area contributed by atoms with Crippen LogP contribution >= 0.6 is 0 Å². The molecule has 24 heavy (non-hydrogen) atoms. The summed E-state index contributed by atoms with van der Waals surface area (Å²) in [4.78, 5) is 11.9. The first-order chi connectivity index (χ1) is 10.7. The molecule has 8 heteroatoms. The Morgan fingerprint density at radius 3 is 1.83 bits per heavy atom. The Labute approximate surface area is 136 Å². The summed E-state index contributed by atoms with van der Waals surface area (Å²) < 4.78 is 85.3. The molecule has 2 rings (SSSR count). The van der Waals surface area contributed by atoms with E-state index in [4.69, 9.17) is 0 Å². The van der Waals surface area contributed by atoms with Gasteiger partial charge < -0.3 is 4.74 Å². The van der Waals surface area contributed by atoms with E-state index < -0.39 is 41.7 Å². The van der Waals surface area contributed by atoms with E-state index in [1.807, 2.05) is 0 Å². The lowest BCUT2D eigenvalue weighted by Gasteiger charge is -2.40. The molecule has 0 saturated heterocycles. The number of halogens is 6. The maximum absolute atomic E-state index is 13.5. The van der Waals surface area contributed by atoms with Gasteiger partial charge >= 0.3 is 23.9 Å². The number of rotatable bonds is 3. The first-order valence-electron chi connectivity index (χ1n) is 8.04. The average Bonchev–Trinajstić information content (AvgIpc) is 2.95. The van der Waals surface area contributed by atoms with Crippen molar-refractivity contribution >= 4 is 5.97 Å². The molecule has 2 fully saturated rings. The van der Waals surface area contributed by atoms with Gasteiger partial charge in [-0.3, -0.25) is 4.79 Å². The molecule has 2 aliphatic rings. The topological polar surface area (TPSA) is 26.3 Å². The third-order valence-corrected chi connectivity index (χ3v) is 5.23. The standard InChI is InChI=1S/C16H22F6O2/c1-13(2,3)12(23)24-14(15(17,18)19,16(20,21)22)8-11-7-9-4-5-10(11)6-9/h9-11H,4-8H2,1-3H3. The highest BCUT2D eigenvalue weighted by Crippen LogP contribution is 2.57. The first kappa shape index (κ1) is 19.4. The lowest BCUT2D eigenvalue weighted by molar-refractivity contribution is -0.376. The van der Waals surface area contributed by atoms with E-state index in [0.717, 1.165) is 6.42 Å². The number of ether oxygens (including phenoxy) is 1. The number of hydrogen-bond acceptors (Lipinski definition) is 2. The number of fused-ring (bicyclic) bond motifs is 2. The second-order valence-electron chi connectivity index (χ2n) is 8.10. The predicted octanol–water partition coefficient (Wildman–Crippen LogP) is 5.27. The molecule has 0 heterocycles. The fraction of sp³-hybridized carbons (Fsp3) is 0.938. The Bertz CT molecular complexity index is 474. The van der Waals surface area contributed by atoms with Crippen molar-refractivity contribution in [2.45, 2.75) is 70.8 Å². The Morgan fingerprint density at radius 1 is 0.958 bits per heavy atom. The van der Waals surface area contributed by atoms with Gasteiger partial charge in [-0.15, -0.1) is 0 Å². The van der Waals surface area contributed by atoms with Crippen molar-refractivity contribution in [1.29, 1.82) is 0 Å². The van der Waals surface area contributed by atoms with Crippen LogP contribution in [0.15, 0.2) is 0 Å². The highest BCUT2D eigenvalue weighted by atomic mass is 19.4. The molecule has 2 aliphatic carbocycles. The summed E-state index contributed by atoms with van der Waals surface area (Å²) >= 11 is 0. The van der Waals surface area contributed by atoms with E-state index in [9.17, 15) is 31.1 Å². The van der Waals surface area contributed by atoms with E-state index in [2.05, 4.69) is 4.74 Å². The van der Waals surface area contributed by atoms with Gasteiger partial charge in [-0.1, -0.05) is 6.42 Å². The molecule has 0 spiro atoms. The number of esters is 1. The lowest BCUT2D eigenvalue weighted by atomic mass is 9.79. The molecule has 2 nitrogen and oxygen atoms in total. The fourth-order valence-electron chi connectivity index (χ4n) is 3.86. The summed E-state index contributed by atoms with van der Waals surface area (Å²) in [5.41, 5.74) is -5.89. The van der Waals surface area contributed by atoms with Crippen molar-refractivity contribution < 1.29 is 35.9 Å². The summed E-state index contributed by atoms with van der Waals surface area (Å²) in [5, 5.41) is 0. The highest BCUT2D eigenvalue weighted by molar-refractivity contribution is 5.76. The maximum atomic E-state index is 13.5. The molecule has 2 bridgehead atoms. The van der Waals surface area contributed by atoms with Crippen molar-refractivity contribution in [2.24, 2.45) is 23.2 Å². The largest absolute Gasteiger partial charge is 0.439 e. The van der Waals surface area contributed by atoms with Crippen LogP contribution in [0.4, 0.5) is 26.3 Å². The van der Waals surface area contributed by atoms with E-state index in [1.54, 1.807) is 0 Å². The zero-order chi connectivity index (χ0) is 18.6. The quantitative estimate of drug-likeness (QED) is 0.507. The van der Waals surface area contributed by atoms with Crippen molar-refractivity contribution in [3.05, 3.63) is 0 Å². The monoisotopic (exact) mass is 360 g/mol. The van der Waals surface area contributed by atoms with Crippen LogP contribution in [-0.2, 0) is 9.53 Å². The molecule has 0 aliphatic heterocycles. The van der Waals surface area contributed by atoms with Gasteiger partial charge in [0, 0.05) is 6.42 Å². The molecule has 0 radical (unpaired) electrons. The van der Waals surface area contributed by atoms with Crippen LogP contribution in [0.1, 0.15) is 52.9 Å². The summed E-state index contributed by atoms with van der Waals surface area (Å²) in [6.07, 6.45) is -10.2. The molecule has 2 saturated carbocycles. The third-order valence-electron chi connectivity index (χ3n) is 5.23. The van der Waals surface area contributed by atoms with Gasteiger partial charge in [0.15, 0.2) is 0 Å². The molecule has 3 atom stereocenters. The van der Waals surface area contributed by atoms with Crippen LogP contribution < -0.4 is 0 Å². The molecule has 0 amide bonds. The molecule has 140 valence electrons. The van der Waals surface area contributed by atoms with Crippen LogP contribution in [0, 0.1) is 23.2 Å². The zero-order valence-corrected chi connectivity index (χ0v) is 13.9. The highest BCUT2D eigenvalue weighted by Gasteiger charge is 2.75.